The fourth-order valence-corrected chi connectivity index (χ4v) is 1.94. The van der Waals surface area contributed by atoms with Crippen LogP contribution in [0.25, 0.3) is 0 Å². The SMILES string of the molecule is CCOC(=O)Cc1ccc(Br)c(CO)c1C#N. The standard InChI is InChI=1S/C12H12BrNO3/c1-2-17-12(16)5-8-3-4-11(13)10(7-15)9(8)6-14/h3-4,15H,2,5,7H2,1H3. The molecular formula is C12H12BrNO3. The quantitative estimate of drug-likeness (QED) is 0.862. The molecule has 0 aliphatic heterocycles. The number of hydrogen-bond acceptors (Lipinski definition) is 4. The zero-order chi connectivity index (χ0) is 12.8. The lowest BCUT2D eigenvalue weighted by molar-refractivity contribution is -0.142. The zero-order valence-corrected chi connectivity index (χ0v) is 11.0. The lowest BCUT2D eigenvalue weighted by Crippen LogP contribution is -2.10. The van der Waals surface area contributed by atoms with E-state index in [2.05, 4.69) is 15.9 Å². The Morgan fingerprint density at radius 2 is 2.29 bits per heavy atom. The van der Waals surface area contributed by atoms with E-state index in [0.717, 1.165) is 0 Å². The second-order valence-electron chi connectivity index (χ2n) is 3.31. The highest BCUT2D eigenvalue weighted by atomic mass is 79.9. The molecule has 0 unspecified atom stereocenters. The van der Waals surface area contributed by atoms with Crippen molar-refractivity contribution >= 4 is 21.9 Å². The number of ether oxygens (including phenoxy) is 1. The highest BCUT2D eigenvalue weighted by Crippen LogP contribution is 2.24. The van der Waals surface area contributed by atoms with Gasteiger partial charge in [-0.1, -0.05) is 22.0 Å². The van der Waals surface area contributed by atoms with Gasteiger partial charge >= 0.3 is 5.97 Å². The third-order valence-corrected chi connectivity index (χ3v) is 3.00. The number of rotatable bonds is 4. The summed E-state index contributed by atoms with van der Waals surface area (Å²) in [5.41, 5.74) is 1.39. The van der Waals surface area contributed by atoms with Gasteiger partial charge in [-0.2, -0.15) is 5.26 Å². The Bertz CT molecular complexity index is 466. The van der Waals surface area contributed by atoms with Crippen LogP contribution < -0.4 is 0 Å². The molecule has 0 aromatic heterocycles. The van der Waals surface area contributed by atoms with Gasteiger partial charge in [-0.05, 0) is 18.6 Å². The first-order valence-corrected chi connectivity index (χ1v) is 5.90. The molecule has 0 spiro atoms. The first-order valence-electron chi connectivity index (χ1n) is 5.10. The van der Waals surface area contributed by atoms with E-state index in [1.807, 2.05) is 6.07 Å². The van der Waals surface area contributed by atoms with Crippen LogP contribution in [0.15, 0.2) is 16.6 Å². The zero-order valence-electron chi connectivity index (χ0n) is 9.36. The minimum Gasteiger partial charge on any atom is -0.466 e. The van der Waals surface area contributed by atoms with Crippen molar-refractivity contribution in [1.29, 1.82) is 5.26 Å². The van der Waals surface area contributed by atoms with Crippen molar-refractivity contribution in [2.24, 2.45) is 0 Å². The number of aliphatic hydroxyl groups is 1. The average molecular weight is 298 g/mol. The summed E-state index contributed by atoms with van der Waals surface area (Å²) in [6.07, 6.45) is 0.0387. The molecule has 0 saturated carbocycles. The van der Waals surface area contributed by atoms with Gasteiger partial charge in [0.15, 0.2) is 0 Å². The van der Waals surface area contributed by atoms with E-state index in [-0.39, 0.29) is 19.0 Å². The van der Waals surface area contributed by atoms with Crippen LogP contribution in [0.5, 0.6) is 0 Å². The number of hydrogen-bond donors (Lipinski definition) is 1. The predicted octanol–water partition coefficient (Wildman–Crippen LogP) is 1.92. The van der Waals surface area contributed by atoms with Crippen molar-refractivity contribution in [1.82, 2.24) is 0 Å². The Hall–Kier alpha value is -1.38. The molecule has 0 atom stereocenters. The van der Waals surface area contributed by atoms with Crippen LogP contribution in [0.4, 0.5) is 0 Å². The third kappa shape index (κ3) is 3.29. The molecule has 5 heteroatoms. The van der Waals surface area contributed by atoms with Crippen LogP contribution in [0.1, 0.15) is 23.6 Å². The second-order valence-corrected chi connectivity index (χ2v) is 4.17. The van der Waals surface area contributed by atoms with Gasteiger partial charge in [0, 0.05) is 10.0 Å². The molecule has 0 heterocycles. The van der Waals surface area contributed by atoms with Crippen LogP contribution in [-0.4, -0.2) is 17.7 Å². The molecule has 90 valence electrons. The summed E-state index contributed by atoms with van der Waals surface area (Å²) in [6, 6.07) is 5.39. The van der Waals surface area contributed by atoms with Crippen LogP contribution in [-0.2, 0) is 22.6 Å². The van der Waals surface area contributed by atoms with Gasteiger partial charge < -0.3 is 9.84 Å². The van der Waals surface area contributed by atoms with Crippen LogP contribution in [0.2, 0.25) is 0 Å². The normalized spacial score (nSPS) is 9.76. The molecule has 0 radical (unpaired) electrons. The largest absolute Gasteiger partial charge is 0.466 e. The maximum Gasteiger partial charge on any atom is 0.310 e. The molecular weight excluding hydrogens is 286 g/mol. The number of aliphatic hydroxyl groups excluding tert-OH is 1. The lowest BCUT2D eigenvalue weighted by atomic mass is 10.00. The number of carbonyl (C=O) groups excluding carboxylic acids is 1. The van der Waals surface area contributed by atoms with Crippen molar-refractivity contribution in [3.8, 4) is 6.07 Å². The predicted molar refractivity (Wildman–Crippen MR) is 65.1 cm³/mol. The fraction of sp³-hybridized carbons (Fsp3) is 0.333. The third-order valence-electron chi connectivity index (χ3n) is 2.25. The first-order chi connectivity index (χ1) is 8.13. The Morgan fingerprint density at radius 3 is 2.82 bits per heavy atom. The van der Waals surface area contributed by atoms with E-state index < -0.39 is 0 Å². The average Bonchev–Trinajstić information content (AvgIpc) is 2.31. The summed E-state index contributed by atoms with van der Waals surface area (Å²) in [5.74, 6) is -0.379. The van der Waals surface area contributed by atoms with Crippen LogP contribution in [0, 0.1) is 11.3 Å². The number of esters is 1. The number of halogens is 1. The first kappa shape index (κ1) is 13.7. The molecule has 4 nitrogen and oxygen atoms in total. The van der Waals surface area contributed by atoms with Gasteiger partial charge in [0.05, 0.1) is 31.3 Å². The van der Waals surface area contributed by atoms with E-state index in [9.17, 15) is 9.90 Å². The highest BCUT2D eigenvalue weighted by molar-refractivity contribution is 9.10. The molecule has 1 rings (SSSR count). The van der Waals surface area contributed by atoms with Crippen molar-refractivity contribution in [2.45, 2.75) is 20.0 Å². The fourth-order valence-electron chi connectivity index (χ4n) is 1.48. The van der Waals surface area contributed by atoms with Gasteiger partial charge in [0.1, 0.15) is 0 Å². The van der Waals surface area contributed by atoms with Crippen LogP contribution in [0.3, 0.4) is 0 Å². The summed E-state index contributed by atoms with van der Waals surface area (Å²) in [5, 5.41) is 18.3. The molecule has 1 aromatic carbocycles. The number of benzene rings is 1. The molecule has 0 aliphatic rings. The van der Waals surface area contributed by atoms with E-state index in [1.54, 1.807) is 19.1 Å². The molecule has 1 N–H and O–H groups in total. The summed E-state index contributed by atoms with van der Waals surface area (Å²) < 4.78 is 5.48. The maximum absolute atomic E-state index is 11.4. The summed E-state index contributed by atoms with van der Waals surface area (Å²) in [7, 11) is 0. The van der Waals surface area contributed by atoms with E-state index >= 15 is 0 Å². The molecule has 0 bridgehead atoms. The van der Waals surface area contributed by atoms with Gasteiger partial charge in [-0.15, -0.1) is 0 Å². The summed E-state index contributed by atoms with van der Waals surface area (Å²) in [6.45, 7) is 1.79. The van der Waals surface area contributed by atoms with Crippen LogP contribution >= 0.6 is 15.9 Å². The van der Waals surface area contributed by atoms with Gasteiger partial charge in [-0.3, -0.25) is 4.79 Å². The van der Waals surface area contributed by atoms with Gasteiger partial charge in [0.2, 0.25) is 0 Å². The minimum atomic E-state index is -0.379. The molecule has 0 aliphatic carbocycles. The van der Waals surface area contributed by atoms with Crippen molar-refractivity contribution in [2.75, 3.05) is 6.61 Å². The summed E-state index contributed by atoms with van der Waals surface area (Å²) in [4.78, 5) is 11.4. The highest BCUT2D eigenvalue weighted by Gasteiger charge is 2.14. The molecule has 1 aromatic rings. The second kappa shape index (κ2) is 6.38. The molecule has 17 heavy (non-hydrogen) atoms. The lowest BCUT2D eigenvalue weighted by Gasteiger charge is -2.09. The Balaban J connectivity index is 3.09. The minimum absolute atomic E-state index is 0.0387. The monoisotopic (exact) mass is 297 g/mol. The van der Waals surface area contributed by atoms with Crippen molar-refractivity contribution in [3.05, 3.63) is 33.3 Å². The van der Waals surface area contributed by atoms with E-state index in [0.29, 0.717) is 27.8 Å². The van der Waals surface area contributed by atoms with Gasteiger partial charge in [-0.25, -0.2) is 0 Å². The topological polar surface area (TPSA) is 70.3 Å². The number of nitriles is 1. The Morgan fingerprint density at radius 1 is 1.59 bits per heavy atom. The molecule has 0 amide bonds. The Kier molecular flexibility index (Phi) is 5.13. The van der Waals surface area contributed by atoms with Crippen molar-refractivity contribution in [3.63, 3.8) is 0 Å². The van der Waals surface area contributed by atoms with E-state index in [4.69, 9.17) is 10.00 Å². The Labute approximate surface area is 108 Å². The summed E-state index contributed by atoms with van der Waals surface area (Å²) >= 11 is 3.25. The van der Waals surface area contributed by atoms with Crippen molar-refractivity contribution < 1.29 is 14.6 Å². The van der Waals surface area contributed by atoms with Gasteiger partial charge in [0.25, 0.3) is 0 Å². The number of carbonyl (C=O) groups is 1. The smallest absolute Gasteiger partial charge is 0.310 e. The van der Waals surface area contributed by atoms with E-state index in [1.165, 1.54) is 0 Å². The molecule has 0 fully saturated rings. The maximum atomic E-state index is 11.4. The number of nitrogens with zero attached hydrogens (tertiary/aromatic N) is 1. The molecule has 0 saturated heterocycles.